The monoisotopic (exact) mass is 337 g/mol. The molecule has 1 aromatic heterocycles. The summed E-state index contributed by atoms with van der Waals surface area (Å²) in [7, 11) is 4.85. The Balaban J connectivity index is 2.00. The fourth-order valence-electron chi connectivity index (χ4n) is 2.80. The van der Waals surface area contributed by atoms with Crippen LogP contribution in [0, 0.1) is 0 Å². The van der Waals surface area contributed by atoms with E-state index in [4.69, 9.17) is 4.74 Å². The largest absolute Gasteiger partial charge is 0.496 e. The van der Waals surface area contributed by atoms with Gasteiger partial charge in [-0.25, -0.2) is 4.68 Å². The molecule has 0 atom stereocenters. The predicted molar refractivity (Wildman–Crippen MR) is 95.8 cm³/mol. The van der Waals surface area contributed by atoms with Gasteiger partial charge in [0.25, 0.3) is 11.5 Å². The van der Waals surface area contributed by atoms with Gasteiger partial charge in [-0.15, -0.1) is 0 Å². The van der Waals surface area contributed by atoms with Crippen LogP contribution in [0.25, 0.3) is 10.8 Å². The van der Waals surface area contributed by atoms with Crippen LogP contribution in [0.3, 0.4) is 0 Å². The first-order chi connectivity index (χ1) is 12.0. The van der Waals surface area contributed by atoms with E-state index in [1.165, 1.54) is 4.68 Å². The van der Waals surface area contributed by atoms with Crippen molar-refractivity contribution in [2.24, 2.45) is 7.05 Å². The van der Waals surface area contributed by atoms with Crippen molar-refractivity contribution in [3.05, 3.63) is 70.1 Å². The Kier molecular flexibility index (Phi) is 4.52. The normalized spacial score (nSPS) is 10.7. The summed E-state index contributed by atoms with van der Waals surface area (Å²) in [5, 5.41) is 5.23. The number of para-hydroxylation sites is 1. The molecule has 0 aliphatic heterocycles. The van der Waals surface area contributed by atoms with Crippen molar-refractivity contribution in [2.75, 3.05) is 14.2 Å². The zero-order chi connectivity index (χ0) is 18.0. The van der Waals surface area contributed by atoms with E-state index in [1.807, 2.05) is 24.3 Å². The van der Waals surface area contributed by atoms with Crippen molar-refractivity contribution in [3.63, 3.8) is 0 Å². The van der Waals surface area contributed by atoms with E-state index in [-0.39, 0.29) is 17.2 Å². The van der Waals surface area contributed by atoms with Crippen molar-refractivity contribution in [1.82, 2.24) is 14.7 Å². The van der Waals surface area contributed by atoms with Crippen molar-refractivity contribution in [1.29, 1.82) is 0 Å². The maximum absolute atomic E-state index is 12.9. The molecular weight excluding hydrogens is 318 g/mol. The predicted octanol–water partition coefficient (Wildman–Crippen LogP) is 2.21. The molecule has 3 aromatic rings. The van der Waals surface area contributed by atoms with Crippen LogP contribution in [0.15, 0.2) is 53.3 Å². The number of nitrogens with zero attached hydrogens (tertiary/aromatic N) is 3. The highest BCUT2D eigenvalue weighted by atomic mass is 16.5. The zero-order valence-electron chi connectivity index (χ0n) is 14.4. The summed E-state index contributed by atoms with van der Waals surface area (Å²) in [4.78, 5) is 26.7. The number of ether oxygens (including phenoxy) is 1. The van der Waals surface area contributed by atoms with Gasteiger partial charge < -0.3 is 9.64 Å². The van der Waals surface area contributed by atoms with E-state index in [1.54, 1.807) is 50.4 Å². The van der Waals surface area contributed by atoms with E-state index in [0.29, 0.717) is 17.3 Å². The molecule has 0 fully saturated rings. The second-order valence-corrected chi connectivity index (χ2v) is 5.80. The molecule has 0 aliphatic rings. The van der Waals surface area contributed by atoms with Gasteiger partial charge in [-0.1, -0.05) is 36.4 Å². The molecule has 6 heteroatoms. The third-order valence-electron chi connectivity index (χ3n) is 4.11. The van der Waals surface area contributed by atoms with E-state index >= 15 is 0 Å². The number of amides is 1. The van der Waals surface area contributed by atoms with Crippen LogP contribution in [0.1, 0.15) is 16.1 Å². The van der Waals surface area contributed by atoms with Gasteiger partial charge in [0.2, 0.25) is 0 Å². The van der Waals surface area contributed by atoms with Gasteiger partial charge in [0.05, 0.1) is 12.5 Å². The smallest absolute Gasteiger partial charge is 0.274 e. The number of hydrogen-bond donors (Lipinski definition) is 0. The third kappa shape index (κ3) is 3.10. The quantitative estimate of drug-likeness (QED) is 0.732. The summed E-state index contributed by atoms with van der Waals surface area (Å²) in [5.41, 5.74) is 0.935. The van der Waals surface area contributed by atoms with Crippen LogP contribution in [0.5, 0.6) is 5.75 Å². The second-order valence-electron chi connectivity index (χ2n) is 5.80. The third-order valence-corrected chi connectivity index (χ3v) is 4.11. The molecule has 0 unspecified atom stereocenters. The minimum absolute atomic E-state index is 0.223. The van der Waals surface area contributed by atoms with Crippen LogP contribution in [0.2, 0.25) is 0 Å². The molecule has 0 aliphatic carbocycles. The molecular formula is C19H19N3O3. The number of benzene rings is 2. The van der Waals surface area contributed by atoms with Gasteiger partial charge in [0.15, 0.2) is 5.69 Å². The van der Waals surface area contributed by atoms with Crippen molar-refractivity contribution >= 4 is 16.7 Å². The average molecular weight is 337 g/mol. The lowest BCUT2D eigenvalue weighted by molar-refractivity contribution is 0.0778. The van der Waals surface area contributed by atoms with Gasteiger partial charge in [0, 0.05) is 31.6 Å². The van der Waals surface area contributed by atoms with Crippen LogP contribution >= 0.6 is 0 Å². The Hall–Kier alpha value is -3.15. The average Bonchev–Trinajstić information content (AvgIpc) is 2.64. The van der Waals surface area contributed by atoms with E-state index in [0.717, 1.165) is 11.3 Å². The molecule has 25 heavy (non-hydrogen) atoms. The molecule has 1 amide bonds. The molecule has 3 rings (SSSR count). The van der Waals surface area contributed by atoms with Crippen molar-refractivity contribution < 1.29 is 9.53 Å². The summed E-state index contributed by atoms with van der Waals surface area (Å²) in [6, 6.07) is 14.6. The maximum Gasteiger partial charge on any atom is 0.274 e. The fraction of sp³-hybridized carbons (Fsp3) is 0.211. The highest BCUT2D eigenvalue weighted by Crippen LogP contribution is 2.20. The van der Waals surface area contributed by atoms with Crippen LogP contribution < -0.4 is 10.3 Å². The Morgan fingerprint density at radius 1 is 1.12 bits per heavy atom. The van der Waals surface area contributed by atoms with Crippen LogP contribution in [-0.2, 0) is 13.6 Å². The number of aryl methyl sites for hydroxylation is 1. The lowest BCUT2D eigenvalue weighted by atomic mass is 10.1. The topological polar surface area (TPSA) is 64.4 Å². The molecule has 0 N–H and O–H groups in total. The molecule has 1 heterocycles. The standard InChI is InChI=1S/C19H19N3O3/c1-21(12-13-8-4-7-11-16(13)25-3)19(24)17-14-9-5-6-10-15(14)18(23)22(2)20-17/h4-11H,12H2,1-3H3. The number of methoxy groups -OCH3 is 1. The molecule has 0 saturated carbocycles. The number of fused-ring (bicyclic) bond motifs is 1. The maximum atomic E-state index is 12.9. The van der Waals surface area contributed by atoms with E-state index in [2.05, 4.69) is 5.10 Å². The zero-order valence-corrected chi connectivity index (χ0v) is 14.4. The minimum atomic E-state index is -0.252. The summed E-state index contributed by atoms with van der Waals surface area (Å²) < 4.78 is 6.54. The van der Waals surface area contributed by atoms with Gasteiger partial charge in [-0.2, -0.15) is 5.10 Å². The number of carbonyl (C=O) groups excluding carboxylic acids is 1. The SMILES string of the molecule is COc1ccccc1CN(C)C(=O)c1nn(C)c(=O)c2ccccc12. The lowest BCUT2D eigenvalue weighted by Gasteiger charge is -2.19. The van der Waals surface area contributed by atoms with Gasteiger partial charge in [-0.3, -0.25) is 9.59 Å². The van der Waals surface area contributed by atoms with Crippen LogP contribution in [-0.4, -0.2) is 34.7 Å². The van der Waals surface area contributed by atoms with E-state index in [9.17, 15) is 9.59 Å². The number of aromatic nitrogens is 2. The summed E-state index contributed by atoms with van der Waals surface area (Å²) in [5.74, 6) is 0.470. The fourth-order valence-corrected chi connectivity index (χ4v) is 2.80. The first-order valence-electron chi connectivity index (χ1n) is 7.86. The van der Waals surface area contributed by atoms with Crippen molar-refractivity contribution in [3.8, 4) is 5.75 Å². The second kappa shape index (κ2) is 6.76. The summed E-state index contributed by atoms with van der Waals surface area (Å²) in [6.45, 7) is 0.377. The van der Waals surface area contributed by atoms with Gasteiger partial charge in [0.1, 0.15) is 5.75 Å². The minimum Gasteiger partial charge on any atom is -0.496 e. The molecule has 2 aromatic carbocycles. The Morgan fingerprint density at radius 2 is 1.76 bits per heavy atom. The molecule has 0 bridgehead atoms. The van der Waals surface area contributed by atoms with Gasteiger partial charge >= 0.3 is 0 Å². The van der Waals surface area contributed by atoms with Crippen LogP contribution in [0.4, 0.5) is 0 Å². The highest BCUT2D eigenvalue weighted by Gasteiger charge is 2.20. The highest BCUT2D eigenvalue weighted by molar-refractivity contribution is 6.04. The Morgan fingerprint density at radius 3 is 2.48 bits per heavy atom. The van der Waals surface area contributed by atoms with E-state index < -0.39 is 0 Å². The Bertz CT molecular complexity index is 995. The number of carbonyl (C=O) groups is 1. The molecule has 0 saturated heterocycles. The first-order valence-corrected chi connectivity index (χ1v) is 7.86. The Labute approximate surface area is 145 Å². The first kappa shape index (κ1) is 16.7. The molecule has 128 valence electrons. The number of rotatable bonds is 4. The van der Waals surface area contributed by atoms with Crippen molar-refractivity contribution in [2.45, 2.75) is 6.54 Å². The number of hydrogen-bond acceptors (Lipinski definition) is 4. The van der Waals surface area contributed by atoms with Gasteiger partial charge in [-0.05, 0) is 12.1 Å². The molecule has 6 nitrogen and oxygen atoms in total. The molecule has 0 spiro atoms. The molecule has 0 radical (unpaired) electrons. The summed E-state index contributed by atoms with van der Waals surface area (Å²) in [6.07, 6.45) is 0. The lowest BCUT2D eigenvalue weighted by Crippen LogP contribution is -2.31. The summed E-state index contributed by atoms with van der Waals surface area (Å²) >= 11 is 0.